The third-order valence-corrected chi connectivity index (χ3v) is 5.61. The molecule has 0 radical (unpaired) electrons. The van der Waals surface area contributed by atoms with Gasteiger partial charge in [-0.2, -0.15) is 5.10 Å². The first-order valence-corrected chi connectivity index (χ1v) is 10.2. The molecule has 0 amide bonds. The Balaban J connectivity index is 0.00000392. The fraction of sp³-hybridized carbons (Fsp3) is 0.810. The number of hydrogen-bond donors (Lipinski definition) is 2. The third kappa shape index (κ3) is 6.61. The first-order valence-electron chi connectivity index (χ1n) is 10.2. The summed E-state index contributed by atoms with van der Waals surface area (Å²) in [4.78, 5) is 4.42. The summed E-state index contributed by atoms with van der Waals surface area (Å²) in [7, 11) is 3.84. The molecule has 0 saturated carbocycles. The maximum Gasteiger partial charge on any atom is 0.191 e. The lowest BCUT2D eigenvalue weighted by Gasteiger charge is -2.40. The number of aryl methyl sites for hydroxylation is 2. The Bertz CT molecular complexity index is 650. The van der Waals surface area contributed by atoms with Gasteiger partial charge in [0.05, 0.1) is 11.8 Å². The lowest BCUT2D eigenvalue weighted by molar-refractivity contribution is -0.0835. The van der Waals surface area contributed by atoms with Crippen LogP contribution in [0.15, 0.2) is 4.99 Å². The normalized spacial score (nSPS) is 21.8. The second-order valence-corrected chi connectivity index (χ2v) is 9.04. The summed E-state index contributed by atoms with van der Waals surface area (Å²) in [5.41, 5.74) is 3.82. The fourth-order valence-corrected chi connectivity index (χ4v) is 4.14. The Morgan fingerprint density at radius 1 is 1.36 bits per heavy atom. The van der Waals surface area contributed by atoms with Crippen molar-refractivity contribution in [3.63, 3.8) is 0 Å². The van der Waals surface area contributed by atoms with Gasteiger partial charge in [-0.15, -0.1) is 24.0 Å². The van der Waals surface area contributed by atoms with Gasteiger partial charge in [0.25, 0.3) is 0 Å². The summed E-state index contributed by atoms with van der Waals surface area (Å²) < 4.78 is 8.06. The summed E-state index contributed by atoms with van der Waals surface area (Å²) in [5, 5.41) is 11.6. The van der Waals surface area contributed by atoms with Crippen molar-refractivity contribution in [1.29, 1.82) is 0 Å². The maximum atomic E-state index is 6.10. The van der Waals surface area contributed by atoms with Gasteiger partial charge >= 0.3 is 0 Å². The van der Waals surface area contributed by atoms with E-state index in [4.69, 9.17) is 4.74 Å². The molecule has 0 spiro atoms. The van der Waals surface area contributed by atoms with E-state index in [0.29, 0.717) is 5.92 Å². The van der Waals surface area contributed by atoms with Gasteiger partial charge in [-0.1, -0.05) is 20.8 Å². The average Bonchev–Trinajstić information content (AvgIpc) is 2.84. The standard InChI is InChI=1S/C21H39N5O.HI/c1-14(12-18-15(2)25-26(8)16(18)3)24-20(22-7)23-13-17-10-9-11-27-19(17)21(4,5)6;/h14,17,19H,9-13H2,1-8H3,(H2,22,23,24);1H. The highest BCUT2D eigenvalue weighted by molar-refractivity contribution is 14.0. The molecule has 0 aromatic carbocycles. The number of nitrogens with zero attached hydrogens (tertiary/aromatic N) is 3. The van der Waals surface area contributed by atoms with E-state index in [1.165, 1.54) is 17.7 Å². The van der Waals surface area contributed by atoms with Crippen LogP contribution < -0.4 is 10.6 Å². The predicted molar refractivity (Wildman–Crippen MR) is 128 cm³/mol. The van der Waals surface area contributed by atoms with Gasteiger partial charge in [-0.3, -0.25) is 9.67 Å². The third-order valence-electron chi connectivity index (χ3n) is 5.61. The van der Waals surface area contributed by atoms with E-state index in [9.17, 15) is 0 Å². The Hall–Kier alpha value is -0.830. The molecular formula is C21H40IN5O. The Morgan fingerprint density at radius 3 is 2.57 bits per heavy atom. The molecule has 162 valence electrons. The van der Waals surface area contributed by atoms with Crippen LogP contribution in [-0.4, -0.2) is 48.1 Å². The van der Waals surface area contributed by atoms with E-state index in [0.717, 1.165) is 37.6 Å². The molecular weight excluding hydrogens is 465 g/mol. The molecule has 0 bridgehead atoms. The van der Waals surface area contributed by atoms with Crippen LogP contribution in [0.2, 0.25) is 0 Å². The second kappa shape index (κ2) is 10.8. The number of hydrogen-bond acceptors (Lipinski definition) is 3. The largest absolute Gasteiger partial charge is 0.377 e. The number of ether oxygens (including phenoxy) is 1. The number of aliphatic imine (C=N–C) groups is 1. The van der Waals surface area contributed by atoms with Gasteiger partial charge in [-0.05, 0) is 51.0 Å². The molecule has 1 fully saturated rings. The summed E-state index contributed by atoms with van der Waals surface area (Å²) in [6.45, 7) is 15.0. The lowest BCUT2D eigenvalue weighted by Crippen LogP contribution is -2.49. The summed E-state index contributed by atoms with van der Waals surface area (Å²) in [6, 6.07) is 0.277. The highest BCUT2D eigenvalue weighted by Gasteiger charge is 2.35. The molecule has 6 nitrogen and oxygen atoms in total. The summed E-state index contributed by atoms with van der Waals surface area (Å²) >= 11 is 0. The van der Waals surface area contributed by atoms with Gasteiger partial charge in [0.15, 0.2) is 5.96 Å². The fourth-order valence-electron chi connectivity index (χ4n) is 4.14. The summed E-state index contributed by atoms with van der Waals surface area (Å²) in [5.74, 6) is 1.37. The van der Waals surface area contributed by atoms with E-state index < -0.39 is 0 Å². The molecule has 1 aliphatic heterocycles. The maximum absolute atomic E-state index is 6.10. The monoisotopic (exact) mass is 505 g/mol. The van der Waals surface area contributed by atoms with Crippen LogP contribution in [0, 0.1) is 25.2 Å². The topological polar surface area (TPSA) is 63.5 Å². The molecule has 1 aromatic heterocycles. The molecule has 1 aromatic rings. The minimum Gasteiger partial charge on any atom is -0.377 e. The van der Waals surface area contributed by atoms with Gasteiger partial charge < -0.3 is 15.4 Å². The Labute approximate surface area is 188 Å². The van der Waals surface area contributed by atoms with E-state index in [-0.39, 0.29) is 41.5 Å². The van der Waals surface area contributed by atoms with Crippen molar-refractivity contribution < 1.29 is 4.74 Å². The van der Waals surface area contributed by atoms with Crippen LogP contribution in [0.4, 0.5) is 0 Å². The zero-order valence-corrected chi connectivity index (χ0v) is 21.3. The number of aromatic nitrogens is 2. The van der Waals surface area contributed by atoms with Gasteiger partial charge in [0.2, 0.25) is 0 Å². The van der Waals surface area contributed by atoms with Crippen molar-refractivity contribution >= 4 is 29.9 Å². The number of guanidine groups is 1. The van der Waals surface area contributed by atoms with E-state index in [2.05, 4.69) is 62.3 Å². The van der Waals surface area contributed by atoms with Crippen LogP contribution in [0.25, 0.3) is 0 Å². The van der Waals surface area contributed by atoms with Crippen molar-refractivity contribution in [3.8, 4) is 0 Å². The van der Waals surface area contributed by atoms with E-state index in [1.807, 2.05) is 18.8 Å². The first-order chi connectivity index (χ1) is 12.6. The molecule has 2 N–H and O–H groups in total. The van der Waals surface area contributed by atoms with E-state index >= 15 is 0 Å². The van der Waals surface area contributed by atoms with Gasteiger partial charge in [-0.25, -0.2) is 0 Å². The SMILES string of the molecule is CN=C(NCC1CCCOC1C(C)(C)C)NC(C)Cc1c(C)nn(C)c1C.I. The summed E-state index contributed by atoms with van der Waals surface area (Å²) in [6.07, 6.45) is 3.56. The van der Waals surface area contributed by atoms with Crippen molar-refractivity contribution in [1.82, 2.24) is 20.4 Å². The second-order valence-electron chi connectivity index (χ2n) is 9.04. The minimum absolute atomic E-state index is 0. The highest BCUT2D eigenvalue weighted by Crippen LogP contribution is 2.33. The van der Waals surface area contributed by atoms with Crippen LogP contribution >= 0.6 is 24.0 Å². The lowest BCUT2D eigenvalue weighted by atomic mass is 9.78. The average molecular weight is 505 g/mol. The van der Waals surface area contributed by atoms with Crippen LogP contribution in [0.1, 0.15) is 57.5 Å². The molecule has 7 heteroatoms. The smallest absolute Gasteiger partial charge is 0.191 e. The zero-order valence-electron chi connectivity index (χ0n) is 18.9. The zero-order chi connectivity index (χ0) is 20.2. The molecule has 1 saturated heterocycles. The van der Waals surface area contributed by atoms with Crippen LogP contribution in [0.5, 0.6) is 0 Å². The Kier molecular flexibility index (Phi) is 9.73. The van der Waals surface area contributed by atoms with Crippen LogP contribution in [-0.2, 0) is 18.2 Å². The Morgan fingerprint density at radius 2 is 2.04 bits per heavy atom. The minimum atomic E-state index is 0. The molecule has 2 heterocycles. The molecule has 1 aliphatic rings. The van der Waals surface area contributed by atoms with Crippen molar-refractivity contribution in [2.75, 3.05) is 20.2 Å². The molecule has 0 aliphatic carbocycles. The van der Waals surface area contributed by atoms with Crippen molar-refractivity contribution in [2.45, 2.75) is 73.0 Å². The molecule has 3 unspecified atom stereocenters. The van der Waals surface area contributed by atoms with E-state index in [1.54, 1.807) is 0 Å². The van der Waals surface area contributed by atoms with Crippen molar-refractivity contribution in [2.24, 2.45) is 23.4 Å². The van der Waals surface area contributed by atoms with Crippen molar-refractivity contribution in [3.05, 3.63) is 17.0 Å². The molecule has 3 atom stereocenters. The number of nitrogens with one attached hydrogen (secondary N) is 2. The predicted octanol–water partition coefficient (Wildman–Crippen LogP) is 3.59. The molecule has 2 rings (SSSR count). The molecule has 28 heavy (non-hydrogen) atoms. The number of rotatable bonds is 5. The number of halogens is 1. The first kappa shape index (κ1) is 25.2. The highest BCUT2D eigenvalue weighted by atomic mass is 127. The van der Waals surface area contributed by atoms with Crippen LogP contribution in [0.3, 0.4) is 0 Å². The van der Waals surface area contributed by atoms with Gasteiger partial charge in [0, 0.05) is 44.9 Å². The van der Waals surface area contributed by atoms with Gasteiger partial charge in [0.1, 0.15) is 0 Å². The quantitative estimate of drug-likeness (QED) is 0.365.